The van der Waals surface area contributed by atoms with E-state index < -0.39 is 27.3 Å². The number of carbonyl (C=O) groups is 1. The van der Waals surface area contributed by atoms with Crippen LogP contribution >= 0.6 is 0 Å². The Labute approximate surface area is 196 Å². The van der Waals surface area contributed by atoms with Crippen molar-refractivity contribution in [2.75, 3.05) is 11.5 Å². The average Bonchev–Trinajstić information content (AvgIpc) is 3.17. The van der Waals surface area contributed by atoms with Gasteiger partial charge in [-0.25, -0.2) is 8.42 Å². The molecule has 0 spiro atoms. The zero-order valence-corrected chi connectivity index (χ0v) is 19.2. The Morgan fingerprint density at radius 1 is 1.29 bits per heavy atom. The maximum absolute atomic E-state index is 13.2. The highest BCUT2D eigenvalue weighted by atomic mass is 32.2. The van der Waals surface area contributed by atoms with Crippen LogP contribution in [0.1, 0.15) is 24.5 Å². The molecule has 1 atom stereocenters. The van der Waals surface area contributed by atoms with E-state index in [2.05, 4.69) is 10.3 Å². The van der Waals surface area contributed by atoms with Crippen LogP contribution in [0.25, 0.3) is 11.7 Å². The molecular formula is C24H22N4O5S. The van der Waals surface area contributed by atoms with E-state index in [0.29, 0.717) is 11.4 Å². The molecule has 174 valence electrons. The lowest BCUT2D eigenvalue weighted by Crippen LogP contribution is -2.36. The van der Waals surface area contributed by atoms with Gasteiger partial charge in [0.2, 0.25) is 5.88 Å². The van der Waals surface area contributed by atoms with Crippen molar-refractivity contribution in [3.8, 4) is 17.7 Å². The lowest BCUT2D eigenvalue weighted by atomic mass is 10.1. The number of sulfone groups is 1. The minimum Gasteiger partial charge on any atom is -0.438 e. The Bertz CT molecular complexity index is 1480. The second kappa shape index (κ2) is 9.49. The van der Waals surface area contributed by atoms with Gasteiger partial charge >= 0.3 is 0 Å². The van der Waals surface area contributed by atoms with E-state index in [9.17, 15) is 23.3 Å². The second-order valence-corrected chi connectivity index (χ2v) is 10.1. The Kier molecular flexibility index (Phi) is 6.47. The Hall–Kier alpha value is -3.97. The summed E-state index contributed by atoms with van der Waals surface area (Å²) in [6.07, 6.45) is 3.78. The van der Waals surface area contributed by atoms with Gasteiger partial charge in [-0.3, -0.25) is 14.0 Å². The Morgan fingerprint density at radius 2 is 2.06 bits per heavy atom. The van der Waals surface area contributed by atoms with Gasteiger partial charge in [-0.05, 0) is 48.7 Å². The van der Waals surface area contributed by atoms with E-state index in [0.717, 1.165) is 18.1 Å². The molecule has 9 nitrogen and oxygen atoms in total. The van der Waals surface area contributed by atoms with E-state index in [1.54, 1.807) is 36.4 Å². The zero-order chi connectivity index (χ0) is 24.3. The monoisotopic (exact) mass is 478 g/mol. The molecule has 3 heterocycles. The molecule has 1 unspecified atom stereocenters. The van der Waals surface area contributed by atoms with Crippen molar-refractivity contribution >= 4 is 27.5 Å². The molecule has 1 fully saturated rings. The van der Waals surface area contributed by atoms with Crippen LogP contribution in [0.3, 0.4) is 0 Å². The number of nitrogens with zero attached hydrogens (tertiary/aromatic N) is 3. The van der Waals surface area contributed by atoms with Gasteiger partial charge in [0.15, 0.2) is 9.84 Å². The van der Waals surface area contributed by atoms with Crippen molar-refractivity contribution in [3.63, 3.8) is 0 Å². The normalized spacial score (nSPS) is 17.3. The third kappa shape index (κ3) is 5.00. The molecular weight excluding hydrogens is 456 g/mol. The van der Waals surface area contributed by atoms with Gasteiger partial charge < -0.3 is 10.1 Å². The van der Waals surface area contributed by atoms with Crippen LogP contribution in [0.15, 0.2) is 59.0 Å². The Balaban J connectivity index is 1.74. The first-order valence-electron chi connectivity index (χ1n) is 10.7. The van der Waals surface area contributed by atoms with Crippen molar-refractivity contribution in [1.29, 1.82) is 5.26 Å². The highest BCUT2D eigenvalue weighted by Gasteiger charge is 2.29. The number of hydrogen-bond donors (Lipinski definition) is 1. The van der Waals surface area contributed by atoms with Gasteiger partial charge in [0.05, 0.1) is 11.5 Å². The molecule has 1 aliphatic rings. The maximum atomic E-state index is 13.2. The number of fused-ring (bicyclic) bond motifs is 1. The van der Waals surface area contributed by atoms with Crippen LogP contribution < -0.4 is 15.6 Å². The average molecular weight is 479 g/mol. The number of hydrogen-bond acceptors (Lipinski definition) is 7. The molecule has 1 saturated heterocycles. The Morgan fingerprint density at radius 3 is 2.71 bits per heavy atom. The van der Waals surface area contributed by atoms with Crippen LogP contribution in [0.2, 0.25) is 0 Å². The molecule has 1 aromatic carbocycles. The van der Waals surface area contributed by atoms with Gasteiger partial charge in [0, 0.05) is 12.2 Å². The SMILES string of the molecule is CCc1ccc(Oc2nc3ccccn3c(=O)c2/C=C(\C#N)C(=O)NC2CCS(=O)(=O)C2)cc1. The summed E-state index contributed by atoms with van der Waals surface area (Å²) in [4.78, 5) is 30.3. The van der Waals surface area contributed by atoms with Gasteiger partial charge in [0.25, 0.3) is 11.5 Å². The van der Waals surface area contributed by atoms with Gasteiger partial charge in [-0.2, -0.15) is 10.2 Å². The second-order valence-electron chi connectivity index (χ2n) is 7.91. The molecule has 4 rings (SSSR count). The molecule has 0 radical (unpaired) electrons. The highest BCUT2D eigenvalue weighted by Crippen LogP contribution is 2.24. The molecule has 0 saturated carbocycles. The van der Waals surface area contributed by atoms with E-state index in [1.165, 1.54) is 10.6 Å². The fraction of sp³-hybridized carbons (Fsp3) is 0.250. The number of pyridine rings is 1. The van der Waals surface area contributed by atoms with Crippen molar-refractivity contribution < 1.29 is 17.9 Å². The number of nitrogens with one attached hydrogen (secondary N) is 1. The summed E-state index contributed by atoms with van der Waals surface area (Å²) in [6, 6.07) is 13.5. The number of carbonyl (C=O) groups excluding carboxylic acids is 1. The molecule has 0 bridgehead atoms. The summed E-state index contributed by atoms with van der Waals surface area (Å²) in [5, 5.41) is 12.2. The number of ether oxygens (including phenoxy) is 1. The summed E-state index contributed by atoms with van der Waals surface area (Å²) in [6.45, 7) is 2.03. The van der Waals surface area contributed by atoms with E-state index in [4.69, 9.17) is 4.74 Å². The molecule has 10 heteroatoms. The van der Waals surface area contributed by atoms with E-state index in [1.807, 2.05) is 19.1 Å². The van der Waals surface area contributed by atoms with Crippen LogP contribution in [0, 0.1) is 11.3 Å². The topological polar surface area (TPSA) is 131 Å². The first-order valence-corrected chi connectivity index (χ1v) is 12.5. The lowest BCUT2D eigenvalue weighted by Gasteiger charge is -2.12. The number of amides is 1. The highest BCUT2D eigenvalue weighted by molar-refractivity contribution is 7.91. The summed E-state index contributed by atoms with van der Waals surface area (Å²) in [7, 11) is -3.21. The maximum Gasteiger partial charge on any atom is 0.269 e. The molecule has 3 aromatic rings. The quantitative estimate of drug-likeness (QED) is 0.425. The molecule has 34 heavy (non-hydrogen) atoms. The van der Waals surface area contributed by atoms with Crippen LogP contribution in [-0.4, -0.2) is 41.3 Å². The van der Waals surface area contributed by atoms with Crippen molar-refractivity contribution in [3.05, 3.63) is 75.7 Å². The largest absolute Gasteiger partial charge is 0.438 e. The smallest absolute Gasteiger partial charge is 0.269 e. The number of aryl methyl sites for hydroxylation is 1. The third-order valence-corrected chi connectivity index (χ3v) is 7.27. The summed E-state index contributed by atoms with van der Waals surface area (Å²) < 4.78 is 30.5. The minimum absolute atomic E-state index is 0.0195. The van der Waals surface area contributed by atoms with Gasteiger partial charge in [-0.1, -0.05) is 25.1 Å². The van der Waals surface area contributed by atoms with Crippen LogP contribution in [-0.2, 0) is 21.1 Å². The molecule has 1 N–H and O–H groups in total. The van der Waals surface area contributed by atoms with Crippen LogP contribution in [0.5, 0.6) is 11.6 Å². The van der Waals surface area contributed by atoms with E-state index in [-0.39, 0.29) is 34.9 Å². The van der Waals surface area contributed by atoms with Crippen molar-refractivity contribution in [2.24, 2.45) is 0 Å². The van der Waals surface area contributed by atoms with Gasteiger partial charge in [0.1, 0.15) is 28.6 Å². The van der Waals surface area contributed by atoms with Crippen molar-refractivity contribution in [1.82, 2.24) is 14.7 Å². The van der Waals surface area contributed by atoms with Crippen molar-refractivity contribution in [2.45, 2.75) is 25.8 Å². The van der Waals surface area contributed by atoms with E-state index >= 15 is 0 Å². The first kappa shape index (κ1) is 23.2. The van der Waals surface area contributed by atoms with Gasteiger partial charge in [-0.15, -0.1) is 0 Å². The predicted molar refractivity (Wildman–Crippen MR) is 126 cm³/mol. The fourth-order valence-corrected chi connectivity index (χ4v) is 5.33. The summed E-state index contributed by atoms with van der Waals surface area (Å²) in [5.41, 5.74) is 0.495. The molecule has 0 aliphatic carbocycles. The fourth-order valence-electron chi connectivity index (χ4n) is 3.65. The summed E-state index contributed by atoms with van der Waals surface area (Å²) in [5.74, 6) is -0.573. The standard InChI is InChI=1S/C24H22N4O5S/c1-2-16-6-8-19(9-7-16)33-23-20(24(30)28-11-4-3-5-21(28)27-23)13-17(14-25)22(29)26-18-10-12-34(31,32)15-18/h3-9,11,13,18H,2,10,12,15H2,1H3,(H,26,29)/b17-13+. The molecule has 1 aliphatic heterocycles. The number of rotatable bonds is 6. The number of nitriles is 1. The zero-order valence-electron chi connectivity index (χ0n) is 18.4. The minimum atomic E-state index is -3.21. The molecule has 1 amide bonds. The number of aromatic nitrogens is 2. The summed E-state index contributed by atoms with van der Waals surface area (Å²) >= 11 is 0. The van der Waals surface area contributed by atoms with Crippen LogP contribution in [0.4, 0.5) is 0 Å². The predicted octanol–water partition coefficient (Wildman–Crippen LogP) is 2.26. The lowest BCUT2D eigenvalue weighted by molar-refractivity contribution is -0.117. The first-order chi connectivity index (χ1) is 16.3. The molecule has 2 aromatic heterocycles. The third-order valence-electron chi connectivity index (χ3n) is 5.50. The number of benzene rings is 1.